The highest BCUT2D eigenvalue weighted by Crippen LogP contribution is 2.27. The molecule has 1 aromatic carbocycles. The maximum absolute atomic E-state index is 12.4. The molecule has 3 rings (SSSR count). The second kappa shape index (κ2) is 9.03. The Bertz CT molecular complexity index is 1070. The van der Waals surface area contributed by atoms with Crippen LogP contribution in [-0.4, -0.2) is 34.8 Å². The Hall–Kier alpha value is -2.65. The molecule has 0 saturated carbocycles. The fourth-order valence-corrected chi connectivity index (χ4v) is 4.39. The molecule has 0 spiro atoms. The molecule has 3 aromatic rings. The maximum Gasteiger partial charge on any atom is 0.348 e. The predicted octanol–water partition coefficient (Wildman–Crippen LogP) is 2.87. The van der Waals surface area contributed by atoms with Crippen LogP contribution in [0.5, 0.6) is 0 Å². The first-order chi connectivity index (χ1) is 13.5. The summed E-state index contributed by atoms with van der Waals surface area (Å²) in [6.07, 6.45) is 0.813. The zero-order valence-electron chi connectivity index (χ0n) is 15.5. The molecule has 0 unspecified atom stereocenters. The number of rotatable bonds is 6. The first-order valence-corrected chi connectivity index (χ1v) is 10.4. The summed E-state index contributed by atoms with van der Waals surface area (Å²) < 4.78 is 4.76. The van der Waals surface area contributed by atoms with Crippen molar-refractivity contribution >= 4 is 44.5 Å². The van der Waals surface area contributed by atoms with Crippen LogP contribution < -0.4 is 11.3 Å². The highest BCUT2D eigenvalue weighted by Gasteiger charge is 2.19. The molecule has 0 bridgehead atoms. The standard InChI is InChI=1S/C19H20N4O3S2/c1-11-14-16(24)22-13(23-17(14)28-15(11)18(25)26-2)10-27-19(20)21-9-8-12-6-4-3-5-7-12/h3-7H,8-10H2,1-2H3,(H2,20,21)(H,22,23,24). The van der Waals surface area contributed by atoms with Gasteiger partial charge in [0.05, 0.1) is 18.2 Å². The summed E-state index contributed by atoms with van der Waals surface area (Å²) in [5, 5.41) is 0.861. The summed E-state index contributed by atoms with van der Waals surface area (Å²) in [6, 6.07) is 10.1. The third-order valence-electron chi connectivity index (χ3n) is 4.09. The number of thioether (sulfide) groups is 1. The molecule has 0 atom stereocenters. The Labute approximate surface area is 170 Å². The summed E-state index contributed by atoms with van der Waals surface area (Å²) in [4.78, 5) is 36.7. The molecule has 146 valence electrons. The number of ether oxygens (including phenoxy) is 1. The molecular formula is C19H20N4O3S2. The minimum Gasteiger partial charge on any atom is -0.465 e. The highest BCUT2D eigenvalue weighted by atomic mass is 32.2. The number of aromatic amines is 1. The minimum absolute atomic E-state index is 0.274. The number of hydrogen-bond donors (Lipinski definition) is 2. The van der Waals surface area contributed by atoms with Gasteiger partial charge in [-0.25, -0.2) is 9.78 Å². The van der Waals surface area contributed by atoms with Crippen LogP contribution in [0.25, 0.3) is 10.2 Å². The van der Waals surface area contributed by atoms with Gasteiger partial charge in [0.2, 0.25) is 0 Å². The Kier molecular flexibility index (Phi) is 6.48. The number of H-pyrrole nitrogens is 1. The SMILES string of the molecule is COC(=O)c1sc2nc(CSC(N)=NCCc3ccccc3)[nH]c(=O)c2c1C. The second-order valence-corrected chi connectivity index (χ2v) is 7.98. The van der Waals surface area contributed by atoms with Gasteiger partial charge in [-0.1, -0.05) is 42.1 Å². The molecule has 0 aliphatic carbocycles. The molecule has 2 aromatic heterocycles. The number of benzene rings is 1. The van der Waals surface area contributed by atoms with Gasteiger partial charge in [0.15, 0.2) is 5.17 Å². The van der Waals surface area contributed by atoms with E-state index in [2.05, 4.69) is 15.0 Å². The Balaban J connectivity index is 1.68. The predicted molar refractivity (Wildman–Crippen MR) is 114 cm³/mol. The van der Waals surface area contributed by atoms with E-state index in [-0.39, 0.29) is 5.56 Å². The quantitative estimate of drug-likeness (QED) is 0.363. The summed E-state index contributed by atoms with van der Waals surface area (Å²) in [5.41, 5.74) is 7.47. The number of nitrogens with zero attached hydrogens (tertiary/aromatic N) is 2. The van der Waals surface area contributed by atoms with Crippen LogP contribution in [0.15, 0.2) is 40.1 Å². The average Bonchev–Trinajstić information content (AvgIpc) is 3.03. The number of hydrogen-bond acceptors (Lipinski definition) is 7. The molecular weight excluding hydrogens is 396 g/mol. The van der Waals surface area contributed by atoms with Gasteiger partial charge in [-0.15, -0.1) is 11.3 Å². The van der Waals surface area contributed by atoms with Crippen LogP contribution in [0.2, 0.25) is 0 Å². The van der Waals surface area contributed by atoms with Crippen LogP contribution in [0.1, 0.15) is 26.6 Å². The van der Waals surface area contributed by atoms with E-state index < -0.39 is 5.97 Å². The summed E-state index contributed by atoms with van der Waals surface area (Å²) in [6.45, 7) is 2.31. The molecule has 0 aliphatic rings. The lowest BCUT2D eigenvalue weighted by Gasteiger charge is -2.02. The monoisotopic (exact) mass is 416 g/mol. The number of nitrogens with two attached hydrogens (primary N) is 1. The van der Waals surface area contributed by atoms with Crippen molar-refractivity contribution in [2.75, 3.05) is 13.7 Å². The molecule has 7 nitrogen and oxygen atoms in total. The van der Waals surface area contributed by atoms with Gasteiger partial charge in [-0.05, 0) is 24.5 Å². The molecule has 0 saturated heterocycles. The first-order valence-electron chi connectivity index (χ1n) is 8.57. The minimum atomic E-state index is -0.467. The third kappa shape index (κ3) is 4.60. The number of thiophene rings is 1. The number of methoxy groups -OCH3 is 1. The van der Waals surface area contributed by atoms with Crippen LogP contribution >= 0.6 is 23.1 Å². The van der Waals surface area contributed by atoms with Crippen LogP contribution in [0.3, 0.4) is 0 Å². The Morgan fingerprint density at radius 2 is 2.11 bits per heavy atom. The van der Waals surface area contributed by atoms with Crippen molar-refractivity contribution in [2.45, 2.75) is 19.1 Å². The fourth-order valence-electron chi connectivity index (χ4n) is 2.67. The van der Waals surface area contributed by atoms with Gasteiger partial charge < -0.3 is 15.5 Å². The number of nitrogens with one attached hydrogen (secondary N) is 1. The van der Waals surface area contributed by atoms with E-state index in [1.54, 1.807) is 6.92 Å². The molecule has 0 aliphatic heterocycles. The lowest BCUT2D eigenvalue weighted by molar-refractivity contribution is 0.0605. The van der Waals surface area contributed by atoms with Crippen molar-refractivity contribution in [1.82, 2.24) is 9.97 Å². The molecule has 0 amide bonds. The van der Waals surface area contributed by atoms with Crippen LogP contribution in [0, 0.1) is 6.92 Å². The Morgan fingerprint density at radius 1 is 1.36 bits per heavy atom. The zero-order chi connectivity index (χ0) is 20.1. The van der Waals surface area contributed by atoms with E-state index in [4.69, 9.17) is 10.5 Å². The summed E-state index contributed by atoms with van der Waals surface area (Å²) in [7, 11) is 1.31. The topological polar surface area (TPSA) is 110 Å². The van der Waals surface area contributed by atoms with E-state index >= 15 is 0 Å². The third-order valence-corrected chi connectivity index (χ3v) is 6.10. The fraction of sp³-hybridized carbons (Fsp3) is 0.263. The molecule has 0 fully saturated rings. The van der Waals surface area contributed by atoms with Crippen molar-refractivity contribution in [3.05, 3.63) is 62.5 Å². The highest BCUT2D eigenvalue weighted by molar-refractivity contribution is 8.13. The maximum atomic E-state index is 12.4. The van der Waals surface area contributed by atoms with Crippen molar-refractivity contribution in [3.63, 3.8) is 0 Å². The first kappa shape index (κ1) is 20.1. The lowest BCUT2D eigenvalue weighted by atomic mass is 10.2. The van der Waals surface area contributed by atoms with E-state index in [0.29, 0.717) is 43.9 Å². The average molecular weight is 417 g/mol. The number of amidine groups is 1. The number of carbonyl (C=O) groups is 1. The number of fused-ring (bicyclic) bond motifs is 1. The van der Waals surface area contributed by atoms with E-state index in [1.807, 2.05) is 30.3 Å². The summed E-state index contributed by atoms with van der Waals surface area (Å²) in [5.74, 6) is 0.406. The number of esters is 1. The smallest absolute Gasteiger partial charge is 0.348 e. The molecule has 9 heteroatoms. The van der Waals surface area contributed by atoms with Crippen molar-refractivity contribution in [1.29, 1.82) is 0 Å². The van der Waals surface area contributed by atoms with Gasteiger partial charge >= 0.3 is 5.97 Å². The number of aromatic nitrogens is 2. The Morgan fingerprint density at radius 3 is 2.82 bits per heavy atom. The van der Waals surface area contributed by atoms with Crippen molar-refractivity contribution in [2.24, 2.45) is 10.7 Å². The van der Waals surface area contributed by atoms with E-state index in [0.717, 1.165) is 17.8 Å². The molecule has 2 heterocycles. The molecule has 28 heavy (non-hydrogen) atoms. The van der Waals surface area contributed by atoms with Gasteiger partial charge in [0, 0.05) is 6.54 Å². The molecule has 3 N–H and O–H groups in total. The van der Waals surface area contributed by atoms with Crippen LogP contribution in [0.4, 0.5) is 0 Å². The van der Waals surface area contributed by atoms with Crippen molar-refractivity contribution in [3.8, 4) is 0 Å². The zero-order valence-corrected chi connectivity index (χ0v) is 17.2. The molecule has 0 radical (unpaired) electrons. The van der Waals surface area contributed by atoms with Crippen molar-refractivity contribution < 1.29 is 9.53 Å². The van der Waals surface area contributed by atoms with E-state index in [1.165, 1.54) is 24.4 Å². The van der Waals surface area contributed by atoms with E-state index in [9.17, 15) is 9.59 Å². The lowest BCUT2D eigenvalue weighted by Crippen LogP contribution is -2.13. The number of carbonyl (C=O) groups excluding carboxylic acids is 1. The largest absolute Gasteiger partial charge is 0.465 e. The second-order valence-electron chi connectivity index (χ2n) is 5.98. The number of aliphatic imine (C=N–C) groups is 1. The summed E-state index contributed by atoms with van der Waals surface area (Å²) >= 11 is 2.47. The van der Waals surface area contributed by atoms with Gasteiger partial charge in [-0.3, -0.25) is 9.79 Å². The number of aryl methyl sites for hydroxylation is 1. The normalized spacial score (nSPS) is 11.7. The van der Waals surface area contributed by atoms with Crippen LogP contribution in [-0.2, 0) is 16.9 Å². The van der Waals surface area contributed by atoms with Gasteiger partial charge in [0.25, 0.3) is 5.56 Å². The van der Waals surface area contributed by atoms with Gasteiger partial charge in [0.1, 0.15) is 15.5 Å². The van der Waals surface area contributed by atoms with Gasteiger partial charge in [-0.2, -0.15) is 0 Å².